The second-order valence-corrected chi connectivity index (χ2v) is 7.69. The molecule has 0 saturated heterocycles. The SMILES string of the molecule is COc1cc(/C=N\NC(=O)c2ccccc2N)cc(I)c1OCc1ccc([N+](=O)[O-])cc1. The predicted octanol–water partition coefficient (Wildman–Crippen LogP) is 4.13. The summed E-state index contributed by atoms with van der Waals surface area (Å²) in [6, 6.07) is 16.4. The molecule has 0 spiro atoms. The fraction of sp³-hybridized carbons (Fsp3) is 0.0909. The zero-order valence-corrected chi connectivity index (χ0v) is 19.1. The summed E-state index contributed by atoms with van der Waals surface area (Å²) >= 11 is 2.11. The first kappa shape index (κ1) is 23.0. The Labute approximate surface area is 197 Å². The van der Waals surface area contributed by atoms with E-state index in [2.05, 4.69) is 33.1 Å². The number of carbonyl (C=O) groups excluding carboxylic acids is 1. The normalized spacial score (nSPS) is 10.7. The van der Waals surface area contributed by atoms with Crippen molar-refractivity contribution in [1.82, 2.24) is 5.43 Å². The maximum atomic E-state index is 12.2. The van der Waals surface area contributed by atoms with Crippen molar-refractivity contribution in [3.63, 3.8) is 0 Å². The smallest absolute Gasteiger partial charge is 0.273 e. The third-order valence-electron chi connectivity index (χ3n) is 4.37. The number of non-ortho nitro benzene ring substituents is 1. The highest BCUT2D eigenvalue weighted by Gasteiger charge is 2.13. The first-order chi connectivity index (χ1) is 15.4. The number of amides is 1. The lowest BCUT2D eigenvalue weighted by atomic mass is 10.2. The van der Waals surface area contributed by atoms with E-state index in [4.69, 9.17) is 15.2 Å². The number of methoxy groups -OCH3 is 1. The van der Waals surface area contributed by atoms with Gasteiger partial charge >= 0.3 is 0 Å². The molecule has 0 unspecified atom stereocenters. The number of nitro benzene ring substituents is 1. The molecule has 0 aliphatic heterocycles. The first-order valence-electron chi connectivity index (χ1n) is 9.30. The van der Waals surface area contributed by atoms with Crippen molar-refractivity contribution in [3.8, 4) is 11.5 Å². The minimum absolute atomic E-state index is 0.0200. The second-order valence-electron chi connectivity index (χ2n) is 6.53. The number of carbonyl (C=O) groups is 1. The third kappa shape index (κ3) is 5.72. The molecule has 0 aliphatic carbocycles. The molecular weight excluding hydrogens is 527 g/mol. The molecule has 0 aromatic heterocycles. The van der Waals surface area contributed by atoms with E-state index in [-0.39, 0.29) is 12.3 Å². The predicted molar refractivity (Wildman–Crippen MR) is 129 cm³/mol. The lowest BCUT2D eigenvalue weighted by Gasteiger charge is -2.13. The van der Waals surface area contributed by atoms with Crippen LogP contribution in [-0.4, -0.2) is 24.2 Å². The summed E-state index contributed by atoms with van der Waals surface area (Å²) in [6.45, 7) is 0.215. The van der Waals surface area contributed by atoms with Crippen LogP contribution in [0.5, 0.6) is 11.5 Å². The van der Waals surface area contributed by atoms with E-state index in [0.717, 1.165) is 9.13 Å². The standard InChI is InChI=1S/C22H19IN4O5/c1-31-20-11-15(12-25-26-22(28)17-4-2-3-5-19(17)24)10-18(23)21(20)32-13-14-6-8-16(9-7-14)27(29)30/h2-12H,13,24H2,1H3,(H,26,28)/b25-12-. The Kier molecular flexibility index (Phi) is 7.60. The molecule has 9 nitrogen and oxygen atoms in total. The molecule has 3 N–H and O–H groups in total. The number of hydrazone groups is 1. The van der Waals surface area contributed by atoms with E-state index in [0.29, 0.717) is 28.3 Å². The summed E-state index contributed by atoms with van der Waals surface area (Å²) in [5.74, 6) is 0.604. The Hall–Kier alpha value is -3.67. The van der Waals surface area contributed by atoms with Crippen LogP contribution < -0.4 is 20.6 Å². The molecule has 1 amide bonds. The minimum atomic E-state index is -0.450. The lowest BCUT2D eigenvalue weighted by molar-refractivity contribution is -0.384. The molecule has 3 aromatic rings. The topological polar surface area (TPSA) is 129 Å². The fourth-order valence-electron chi connectivity index (χ4n) is 2.75. The van der Waals surface area contributed by atoms with Gasteiger partial charge in [-0.15, -0.1) is 0 Å². The minimum Gasteiger partial charge on any atom is -0.493 e. The van der Waals surface area contributed by atoms with E-state index in [1.54, 1.807) is 42.5 Å². The molecule has 0 saturated carbocycles. The fourth-order valence-corrected chi connectivity index (χ4v) is 3.53. The van der Waals surface area contributed by atoms with Gasteiger partial charge in [-0.05, 0) is 70.1 Å². The van der Waals surface area contributed by atoms with Gasteiger partial charge in [0.2, 0.25) is 0 Å². The number of nitrogens with two attached hydrogens (primary N) is 1. The molecule has 0 fully saturated rings. The van der Waals surface area contributed by atoms with Crippen LogP contribution in [0.2, 0.25) is 0 Å². The van der Waals surface area contributed by atoms with Crippen LogP contribution in [0.4, 0.5) is 11.4 Å². The average molecular weight is 546 g/mol. The van der Waals surface area contributed by atoms with Crippen LogP contribution in [-0.2, 0) is 6.61 Å². The van der Waals surface area contributed by atoms with Crippen molar-refractivity contribution in [3.05, 3.63) is 91.0 Å². The van der Waals surface area contributed by atoms with Gasteiger partial charge in [0, 0.05) is 17.8 Å². The van der Waals surface area contributed by atoms with Gasteiger partial charge in [-0.25, -0.2) is 5.43 Å². The van der Waals surface area contributed by atoms with Crippen molar-refractivity contribution < 1.29 is 19.2 Å². The molecule has 0 heterocycles. The van der Waals surface area contributed by atoms with Crippen molar-refractivity contribution in [2.45, 2.75) is 6.61 Å². The molecule has 10 heteroatoms. The number of benzene rings is 3. The molecule has 32 heavy (non-hydrogen) atoms. The van der Waals surface area contributed by atoms with Crippen LogP contribution in [0.1, 0.15) is 21.5 Å². The summed E-state index contributed by atoms with van der Waals surface area (Å²) in [7, 11) is 1.52. The molecule has 3 aromatic carbocycles. The van der Waals surface area contributed by atoms with E-state index >= 15 is 0 Å². The Bertz CT molecular complexity index is 1170. The van der Waals surface area contributed by atoms with E-state index in [9.17, 15) is 14.9 Å². The number of para-hydroxylation sites is 1. The van der Waals surface area contributed by atoms with Crippen molar-refractivity contribution in [2.75, 3.05) is 12.8 Å². The zero-order chi connectivity index (χ0) is 23.1. The Morgan fingerprint density at radius 2 is 1.94 bits per heavy atom. The van der Waals surface area contributed by atoms with Crippen LogP contribution in [0.15, 0.2) is 65.8 Å². The van der Waals surface area contributed by atoms with Crippen LogP contribution >= 0.6 is 22.6 Å². The van der Waals surface area contributed by atoms with Gasteiger partial charge in [0.15, 0.2) is 11.5 Å². The number of ether oxygens (including phenoxy) is 2. The zero-order valence-electron chi connectivity index (χ0n) is 16.9. The highest BCUT2D eigenvalue weighted by molar-refractivity contribution is 14.1. The number of nitro groups is 1. The molecule has 3 rings (SSSR count). The second kappa shape index (κ2) is 10.6. The van der Waals surface area contributed by atoms with Gasteiger partial charge in [-0.2, -0.15) is 5.10 Å². The molecule has 0 bridgehead atoms. The Balaban J connectivity index is 1.69. The quantitative estimate of drug-likeness (QED) is 0.144. The highest BCUT2D eigenvalue weighted by atomic mass is 127. The first-order valence-corrected chi connectivity index (χ1v) is 10.4. The number of hydrogen-bond donors (Lipinski definition) is 2. The molecule has 164 valence electrons. The maximum absolute atomic E-state index is 12.2. The number of nitrogens with zero attached hydrogens (tertiary/aromatic N) is 2. The van der Waals surface area contributed by atoms with Crippen LogP contribution in [0.25, 0.3) is 0 Å². The maximum Gasteiger partial charge on any atom is 0.273 e. The van der Waals surface area contributed by atoms with Crippen molar-refractivity contribution >= 4 is 46.1 Å². The number of hydrogen-bond acceptors (Lipinski definition) is 7. The molecule has 0 atom stereocenters. The lowest BCUT2D eigenvalue weighted by Crippen LogP contribution is -2.19. The van der Waals surface area contributed by atoms with E-state index < -0.39 is 10.8 Å². The number of anilines is 1. The van der Waals surface area contributed by atoms with Gasteiger partial charge in [0.1, 0.15) is 6.61 Å². The molecular formula is C22H19IN4O5. The van der Waals surface area contributed by atoms with Gasteiger partial charge < -0.3 is 15.2 Å². The summed E-state index contributed by atoms with van der Waals surface area (Å²) < 4.78 is 12.1. The molecule has 0 radical (unpaired) electrons. The monoisotopic (exact) mass is 546 g/mol. The van der Waals surface area contributed by atoms with Gasteiger partial charge in [-0.3, -0.25) is 14.9 Å². The summed E-state index contributed by atoms with van der Waals surface area (Å²) in [6.07, 6.45) is 1.49. The van der Waals surface area contributed by atoms with Crippen LogP contribution in [0, 0.1) is 13.7 Å². The number of nitrogen functional groups attached to an aromatic ring is 1. The summed E-state index contributed by atoms with van der Waals surface area (Å²) in [5, 5.41) is 14.8. The van der Waals surface area contributed by atoms with E-state index in [1.165, 1.54) is 25.5 Å². The van der Waals surface area contributed by atoms with E-state index in [1.807, 2.05) is 6.07 Å². The van der Waals surface area contributed by atoms with Crippen molar-refractivity contribution in [1.29, 1.82) is 0 Å². The number of rotatable bonds is 8. The number of nitrogens with one attached hydrogen (secondary N) is 1. The van der Waals surface area contributed by atoms with Gasteiger partial charge in [0.05, 0.1) is 27.4 Å². The van der Waals surface area contributed by atoms with Gasteiger partial charge in [0.25, 0.3) is 11.6 Å². The third-order valence-corrected chi connectivity index (χ3v) is 5.17. The summed E-state index contributed by atoms with van der Waals surface area (Å²) in [5.41, 5.74) is 10.4. The Morgan fingerprint density at radius 1 is 1.22 bits per heavy atom. The number of halogens is 1. The van der Waals surface area contributed by atoms with Gasteiger partial charge in [-0.1, -0.05) is 12.1 Å². The average Bonchev–Trinajstić information content (AvgIpc) is 2.78. The largest absolute Gasteiger partial charge is 0.493 e. The Morgan fingerprint density at radius 3 is 2.59 bits per heavy atom. The highest BCUT2D eigenvalue weighted by Crippen LogP contribution is 2.34. The summed E-state index contributed by atoms with van der Waals surface area (Å²) in [4.78, 5) is 22.5. The van der Waals surface area contributed by atoms with Crippen molar-refractivity contribution in [2.24, 2.45) is 5.10 Å². The van der Waals surface area contributed by atoms with Crippen LogP contribution in [0.3, 0.4) is 0 Å². The molecule has 0 aliphatic rings.